The Kier molecular flexibility index (Phi) is 6.49. The molecular weight excluding hydrogens is 268 g/mol. The average Bonchev–Trinajstić information content (AvgIpc) is 2.41. The second-order valence-corrected chi connectivity index (χ2v) is 7.29. The molecule has 0 unspecified atom stereocenters. The van der Waals surface area contributed by atoms with Crippen LogP contribution in [-0.2, 0) is 4.79 Å². The van der Waals surface area contributed by atoms with Crippen molar-refractivity contribution in [1.82, 2.24) is 10.6 Å². The van der Waals surface area contributed by atoms with E-state index in [1.54, 1.807) is 20.8 Å². The molecule has 1 aliphatic rings. The van der Waals surface area contributed by atoms with E-state index in [1.165, 1.54) is 19.3 Å². The van der Waals surface area contributed by atoms with Gasteiger partial charge in [0, 0.05) is 6.54 Å². The van der Waals surface area contributed by atoms with Crippen molar-refractivity contribution in [3.63, 3.8) is 0 Å². The molecule has 1 rings (SSSR count). The first-order valence-electron chi connectivity index (χ1n) is 8.01. The fraction of sp³-hybridized carbons (Fsp3) is 0.875. The van der Waals surface area contributed by atoms with Gasteiger partial charge in [-0.05, 0) is 30.1 Å². The Morgan fingerprint density at radius 3 is 2.10 bits per heavy atom. The number of hydrogen-bond donors (Lipinski definition) is 3. The zero-order valence-corrected chi connectivity index (χ0v) is 13.7. The molecule has 0 aliphatic heterocycles. The monoisotopic (exact) mass is 298 g/mol. The Hall–Kier alpha value is -1.26. The van der Waals surface area contributed by atoms with E-state index in [-0.39, 0.29) is 6.03 Å². The number of amides is 2. The molecule has 122 valence electrons. The number of urea groups is 1. The molecule has 0 saturated heterocycles. The predicted octanol–water partition coefficient (Wildman–Crippen LogP) is 3.00. The number of carboxylic acids is 1. The topological polar surface area (TPSA) is 78.4 Å². The summed E-state index contributed by atoms with van der Waals surface area (Å²) in [6.07, 6.45) is 6.03. The smallest absolute Gasteiger partial charge is 0.326 e. The van der Waals surface area contributed by atoms with Crippen LogP contribution in [0.4, 0.5) is 4.79 Å². The van der Waals surface area contributed by atoms with Gasteiger partial charge in [0.15, 0.2) is 0 Å². The van der Waals surface area contributed by atoms with Gasteiger partial charge in [0.1, 0.15) is 6.04 Å². The highest BCUT2D eigenvalue weighted by Crippen LogP contribution is 2.30. The van der Waals surface area contributed by atoms with Crippen LogP contribution in [0, 0.1) is 17.3 Å². The average molecular weight is 298 g/mol. The Morgan fingerprint density at radius 1 is 1.14 bits per heavy atom. The van der Waals surface area contributed by atoms with Crippen LogP contribution in [0.3, 0.4) is 0 Å². The van der Waals surface area contributed by atoms with Gasteiger partial charge in [-0.2, -0.15) is 0 Å². The van der Waals surface area contributed by atoms with Gasteiger partial charge < -0.3 is 15.7 Å². The van der Waals surface area contributed by atoms with Crippen molar-refractivity contribution < 1.29 is 14.7 Å². The second-order valence-electron chi connectivity index (χ2n) is 7.29. The lowest BCUT2D eigenvalue weighted by molar-refractivity contribution is -0.141. The second kappa shape index (κ2) is 7.66. The SMILES string of the molecule is CCC1CCC(CNC(=O)N[C@H](C(=O)O)C(C)(C)C)CC1. The first kappa shape index (κ1) is 17.8. The molecule has 5 heteroatoms. The maximum absolute atomic E-state index is 11.9. The van der Waals surface area contributed by atoms with Gasteiger partial charge in [0.2, 0.25) is 0 Å². The van der Waals surface area contributed by atoms with Crippen LogP contribution in [0.2, 0.25) is 0 Å². The molecule has 0 aromatic heterocycles. The van der Waals surface area contributed by atoms with E-state index in [9.17, 15) is 14.7 Å². The summed E-state index contributed by atoms with van der Waals surface area (Å²) in [4.78, 5) is 23.1. The van der Waals surface area contributed by atoms with Crippen molar-refractivity contribution in [2.45, 2.75) is 65.8 Å². The third-order valence-electron chi connectivity index (χ3n) is 4.48. The molecular formula is C16H30N2O3. The van der Waals surface area contributed by atoms with Gasteiger partial charge in [-0.3, -0.25) is 0 Å². The van der Waals surface area contributed by atoms with Crippen molar-refractivity contribution in [2.24, 2.45) is 17.3 Å². The van der Waals surface area contributed by atoms with Crippen molar-refractivity contribution in [3.05, 3.63) is 0 Å². The summed E-state index contributed by atoms with van der Waals surface area (Å²) in [5.41, 5.74) is -0.512. The quantitative estimate of drug-likeness (QED) is 0.730. The third-order valence-corrected chi connectivity index (χ3v) is 4.48. The van der Waals surface area contributed by atoms with Crippen LogP contribution in [0.15, 0.2) is 0 Å². The third kappa shape index (κ3) is 5.94. The van der Waals surface area contributed by atoms with Crippen LogP contribution < -0.4 is 10.6 Å². The number of hydrogen-bond acceptors (Lipinski definition) is 2. The summed E-state index contributed by atoms with van der Waals surface area (Å²) in [5.74, 6) is 0.366. The van der Waals surface area contributed by atoms with Crippen LogP contribution in [-0.4, -0.2) is 29.7 Å². The van der Waals surface area contributed by atoms with Crippen LogP contribution in [0.25, 0.3) is 0 Å². The van der Waals surface area contributed by atoms with E-state index in [0.717, 1.165) is 18.8 Å². The maximum atomic E-state index is 11.9. The van der Waals surface area contributed by atoms with Gasteiger partial charge in [0.05, 0.1) is 0 Å². The molecule has 21 heavy (non-hydrogen) atoms. The summed E-state index contributed by atoms with van der Waals surface area (Å²) in [5, 5.41) is 14.6. The highest BCUT2D eigenvalue weighted by molar-refractivity contribution is 5.83. The predicted molar refractivity (Wildman–Crippen MR) is 83.2 cm³/mol. The Bertz CT molecular complexity index is 355. The fourth-order valence-corrected chi connectivity index (χ4v) is 2.91. The lowest BCUT2D eigenvalue weighted by atomic mass is 9.81. The first-order valence-corrected chi connectivity index (χ1v) is 8.01. The molecule has 5 nitrogen and oxygen atoms in total. The van der Waals surface area contributed by atoms with E-state index >= 15 is 0 Å². The number of carboxylic acid groups (broad SMARTS) is 1. The molecule has 0 heterocycles. The van der Waals surface area contributed by atoms with E-state index in [4.69, 9.17) is 0 Å². The van der Waals surface area contributed by atoms with Gasteiger partial charge in [-0.1, -0.05) is 47.0 Å². The van der Waals surface area contributed by atoms with Gasteiger partial charge in [-0.25, -0.2) is 9.59 Å². The van der Waals surface area contributed by atoms with Crippen molar-refractivity contribution >= 4 is 12.0 Å². The lowest BCUT2D eigenvalue weighted by Crippen LogP contribution is -2.52. The van der Waals surface area contributed by atoms with Gasteiger partial charge in [-0.15, -0.1) is 0 Å². The van der Waals surface area contributed by atoms with Crippen molar-refractivity contribution in [2.75, 3.05) is 6.54 Å². The Morgan fingerprint density at radius 2 is 1.67 bits per heavy atom. The summed E-state index contributed by atoms with van der Waals surface area (Å²) < 4.78 is 0. The van der Waals surface area contributed by atoms with Gasteiger partial charge >= 0.3 is 12.0 Å². The summed E-state index contributed by atoms with van der Waals surface area (Å²) in [6, 6.07) is -1.26. The van der Waals surface area contributed by atoms with Crippen LogP contribution >= 0.6 is 0 Å². The lowest BCUT2D eigenvalue weighted by Gasteiger charge is -2.30. The van der Waals surface area contributed by atoms with Crippen molar-refractivity contribution in [1.29, 1.82) is 0 Å². The Balaban J connectivity index is 2.35. The molecule has 1 aliphatic carbocycles. The highest BCUT2D eigenvalue weighted by Gasteiger charge is 2.32. The van der Waals surface area contributed by atoms with Crippen LogP contribution in [0.5, 0.6) is 0 Å². The van der Waals surface area contributed by atoms with E-state index in [1.807, 2.05) is 0 Å². The minimum atomic E-state index is -0.999. The normalized spacial score (nSPS) is 24.2. The largest absolute Gasteiger partial charge is 0.480 e. The van der Waals surface area contributed by atoms with E-state index in [0.29, 0.717) is 12.5 Å². The van der Waals surface area contributed by atoms with E-state index < -0.39 is 17.4 Å². The standard InChI is InChI=1S/C16H30N2O3/c1-5-11-6-8-12(9-7-11)10-17-15(21)18-13(14(19)20)16(2,3)4/h11-13H,5-10H2,1-4H3,(H,19,20)(H2,17,18,21)/t11?,12?,13-/m1/s1. The maximum Gasteiger partial charge on any atom is 0.326 e. The molecule has 1 atom stereocenters. The minimum absolute atomic E-state index is 0.380. The number of carbonyl (C=O) groups excluding carboxylic acids is 1. The van der Waals surface area contributed by atoms with Crippen molar-refractivity contribution in [3.8, 4) is 0 Å². The van der Waals surface area contributed by atoms with Gasteiger partial charge in [0.25, 0.3) is 0 Å². The molecule has 0 aromatic carbocycles. The number of aliphatic carboxylic acids is 1. The highest BCUT2D eigenvalue weighted by atomic mass is 16.4. The molecule has 3 N–H and O–H groups in total. The minimum Gasteiger partial charge on any atom is -0.480 e. The van der Waals surface area contributed by atoms with E-state index in [2.05, 4.69) is 17.6 Å². The molecule has 1 saturated carbocycles. The fourth-order valence-electron chi connectivity index (χ4n) is 2.91. The van der Waals surface area contributed by atoms with Crippen LogP contribution in [0.1, 0.15) is 59.8 Å². The zero-order valence-electron chi connectivity index (χ0n) is 13.7. The Labute approximate surface area is 127 Å². The molecule has 1 fully saturated rings. The number of carbonyl (C=O) groups is 2. The molecule has 0 aromatic rings. The summed E-state index contributed by atoms with van der Waals surface area (Å²) in [7, 11) is 0. The summed E-state index contributed by atoms with van der Waals surface area (Å²) in [6.45, 7) is 8.28. The molecule has 0 radical (unpaired) electrons. The number of rotatable bonds is 5. The molecule has 2 amide bonds. The molecule has 0 bridgehead atoms. The molecule has 0 spiro atoms. The number of nitrogens with one attached hydrogen (secondary N) is 2. The zero-order chi connectivity index (χ0) is 16.0. The first-order chi connectivity index (χ1) is 9.74. The summed E-state index contributed by atoms with van der Waals surface area (Å²) >= 11 is 0.